The van der Waals surface area contributed by atoms with E-state index in [0.29, 0.717) is 16.8 Å². The minimum atomic E-state index is -0.545. The number of fused-ring (bicyclic) bond motifs is 1. The Morgan fingerprint density at radius 3 is 2.47 bits per heavy atom. The van der Waals surface area contributed by atoms with Crippen molar-refractivity contribution in [1.82, 2.24) is 14.8 Å². The van der Waals surface area contributed by atoms with Gasteiger partial charge in [-0.25, -0.2) is 9.18 Å². The van der Waals surface area contributed by atoms with Gasteiger partial charge in [0, 0.05) is 28.4 Å². The number of carbonyl (C=O) groups excluding carboxylic acids is 3. The van der Waals surface area contributed by atoms with Crippen LogP contribution in [0.1, 0.15) is 16.7 Å². The molecule has 1 aliphatic heterocycles. The van der Waals surface area contributed by atoms with Gasteiger partial charge in [0.15, 0.2) is 0 Å². The summed E-state index contributed by atoms with van der Waals surface area (Å²) in [6.45, 7) is 2.09. The van der Waals surface area contributed by atoms with Crippen LogP contribution in [0.4, 0.5) is 14.9 Å². The highest BCUT2D eigenvalue weighted by molar-refractivity contribution is 6.14. The van der Waals surface area contributed by atoms with Gasteiger partial charge >= 0.3 is 6.03 Å². The minimum absolute atomic E-state index is 0.0310. The molecular weight excluding hydrogens is 459 g/mol. The monoisotopic (exact) mass is 482 g/mol. The highest BCUT2D eigenvalue weighted by Gasteiger charge is 2.33. The number of halogens is 1. The van der Waals surface area contributed by atoms with Crippen LogP contribution in [0.2, 0.25) is 0 Å². The molecule has 7 nitrogen and oxygen atoms in total. The van der Waals surface area contributed by atoms with Crippen molar-refractivity contribution in [1.29, 1.82) is 0 Å². The number of urea groups is 1. The third kappa shape index (κ3) is 4.74. The summed E-state index contributed by atoms with van der Waals surface area (Å²) in [5, 5.41) is 6.36. The summed E-state index contributed by atoms with van der Waals surface area (Å²) in [6, 6.07) is 20.2. The van der Waals surface area contributed by atoms with Crippen LogP contribution in [0.5, 0.6) is 0 Å². The maximum absolute atomic E-state index is 13.2. The first-order chi connectivity index (χ1) is 17.4. The fraction of sp³-hybridized carbons (Fsp3) is 0.107. The Labute approximate surface area is 206 Å². The van der Waals surface area contributed by atoms with Gasteiger partial charge in [-0.05, 0) is 48.9 Å². The van der Waals surface area contributed by atoms with Crippen molar-refractivity contribution in [3.05, 3.63) is 107 Å². The molecule has 3 aromatic carbocycles. The number of benzene rings is 3. The Bertz CT molecular complexity index is 1500. The van der Waals surface area contributed by atoms with Crippen molar-refractivity contribution < 1.29 is 18.8 Å². The number of anilines is 1. The molecule has 2 heterocycles. The summed E-state index contributed by atoms with van der Waals surface area (Å²) in [4.78, 5) is 39.2. The lowest BCUT2D eigenvalue weighted by molar-refractivity contribution is -0.123. The summed E-state index contributed by atoms with van der Waals surface area (Å²) in [5.41, 5.74) is 4.10. The molecule has 1 saturated heterocycles. The predicted molar refractivity (Wildman–Crippen MR) is 135 cm³/mol. The van der Waals surface area contributed by atoms with Crippen LogP contribution in [0.25, 0.3) is 17.0 Å². The molecule has 0 atom stereocenters. The number of nitrogens with zero attached hydrogens (tertiary/aromatic N) is 2. The molecule has 2 N–H and O–H groups in total. The van der Waals surface area contributed by atoms with Crippen molar-refractivity contribution in [2.75, 3.05) is 5.32 Å². The summed E-state index contributed by atoms with van der Waals surface area (Å²) in [6.07, 6.45) is 3.40. The quantitative estimate of drug-likeness (QED) is 0.305. The number of amides is 4. The van der Waals surface area contributed by atoms with Crippen LogP contribution in [-0.4, -0.2) is 27.3 Å². The SMILES string of the molecule is Cc1ccc(NC(=O)Cn2cc(/C=C3\NC(=O)N(Cc4ccc(F)cc4)C3=O)c3ccccc32)cc1. The van der Waals surface area contributed by atoms with Crippen molar-refractivity contribution >= 4 is 40.5 Å². The van der Waals surface area contributed by atoms with Crippen molar-refractivity contribution in [3.8, 4) is 0 Å². The molecule has 5 rings (SSSR count). The Kier molecular flexibility index (Phi) is 6.08. The number of aryl methyl sites for hydroxylation is 1. The lowest BCUT2D eigenvalue weighted by atomic mass is 10.1. The minimum Gasteiger partial charge on any atom is -0.337 e. The van der Waals surface area contributed by atoms with Crippen LogP contribution in [0.15, 0.2) is 84.7 Å². The molecule has 0 bridgehead atoms. The first-order valence-electron chi connectivity index (χ1n) is 11.4. The maximum atomic E-state index is 13.2. The maximum Gasteiger partial charge on any atom is 0.329 e. The number of hydrogen-bond acceptors (Lipinski definition) is 3. The Morgan fingerprint density at radius 1 is 1.00 bits per heavy atom. The van der Waals surface area contributed by atoms with Crippen LogP contribution in [0.3, 0.4) is 0 Å². The molecule has 0 aliphatic carbocycles. The molecule has 0 unspecified atom stereocenters. The Balaban J connectivity index is 1.38. The average molecular weight is 483 g/mol. The fourth-order valence-corrected chi connectivity index (χ4v) is 4.16. The number of carbonyl (C=O) groups is 3. The van der Waals surface area contributed by atoms with Gasteiger partial charge in [-0.1, -0.05) is 48.0 Å². The molecule has 0 radical (unpaired) electrons. The second kappa shape index (κ2) is 9.50. The van der Waals surface area contributed by atoms with Gasteiger partial charge in [-0.2, -0.15) is 0 Å². The molecule has 36 heavy (non-hydrogen) atoms. The third-order valence-electron chi connectivity index (χ3n) is 5.98. The molecule has 4 aromatic rings. The van der Waals surface area contributed by atoms with Crippen LogP contribution in [-0.2, 0) is 22.7 Å². The van der Waals surface area contributed by atoms with Gasteiger partial charge in [-0.3, -0.25) is 14.5 Å². The zero-order chi connectivity index (χ0) is 25.2. The summed E-state index contributed by atoms with van der Waals surface area (Å²) in [5.74, 6) is -1.05. The molecule has 1 aromatic heterocycles. The topological polar surface area (TPSA) is 83.4 Å². The van der Waals surface area contributed by atoms with Crippen molar-refractivity contribution in [2.45, 2.75) is 20.0 Å². The van der Waals surface area contributed by atoms with Gasteiger partial charge < -0.3 is 15.2 Å². The number of rotatable bonds is 6. The van der Waals surface area contributed by atoms with E-state index in [1.165, 1.54) is 24.3 Å². The van der Waals surface area contributed by atoms with E-state index in [4.69, 9.17) is 0 Å². The third-order valence-corrected chi connectivity index (χ3v) is 5.98. The number of hydrogen-bond donors (Lipinski definition) is 2. The molecule has 0 saturated carbocycles. The number of nitrogens with one attached hydrogen (secondary N) is 2. The Hall–Kier alpha value is -4.72. The zero-order valence-electron chi connectivity index (χ0n) is 19.5. The highest BCUT2D eigenvalue weighted by atomic mass is 19.1. The van der Waals surface area contributed by atoms with E-state index in [0.717, 1.165) is 21.4 Å². The number of para-hydroxylation sites is 1. The zero-order valence-corrected chi connectivity index (χ0v) is 19.5. The molecule has 4 amide bonds. The second-order valence-electron chi connectivity index (χ2n) is 8.65. The predicted octanol–water partition coefficient (Wildman–Crippen LogP) is 4.82. The number of aromatic nitrogens is 1. The summed E-state index contributed by atoms with van der Waals surface area (Å²) in [7, 11) is 0. The molecule has 1 fully saturated rings. The lowest BCUT2D eigenvalue weighted by Gasteiger charge is -2.11. The molecule has 180 valence electrons. The Morgan fingerprint density at radius 2 is 1.72 bits per heavy atom. The van der Waals surface area contributed by atoms with E-state index in [1.54, 1.807) is 12.3 Å². The van der Waals surface area contributed by atoms with Crippen molar-refractivity contribution in [2.24, 2.45) is 0 Å². The van der Waals surface area contributed by atoms with Gasteiger partial charge in [0.1, 0.15) is 18.1 Å². The second-order valence-corrected chi connectivity index (χ2v) is 8.65. The highest BCUT2D eigenvalue weighted by Crippen LogP contribution is 2.25. The molecule has 0 spiro atoms. The largest absolute Gasteiger partial charge is 0.337 e. The standard InChI is InChI=1S/C28H23FN4O3/c1-18-6-12-22(13-7-18)30-26(34)17-32-16-20(23-4-2-3-5-25(23)32)14-24-27(35)33(28(36)31-24)15-19-8-10-21(29)11-9-19/h2-14,16H,15,17H2,1H3,(H,30,34)(H,31,36)/b24-14-. The van der Waals surface area contributed by atoms with Gasteiger partial charge in [-0.15, -0.1) is 0 Å². The fourth-order valence-electron chi connectivity index (χ4n) is 4.16. The van der Waals surface area contributed by atoms with E-state index in [1.807, 2.05) is 60.0 Å². The van der Waals surface area contributed by atoms with E-state index in [9.17, 15) is 18.8 Å². The van der Waals surface area contributed by atoms with Gasteiger partial charge in [0.05, 0.1) is 6.54 Å². The van der Waals surface area contributed by atoms with Crippen LogP contribution < -0.4 is 10.6 Å². The molecular formula is C28H23FN4O3. The van der Waals surface area contributed by atoms with E-state index < -0.39 is 11.9 Å². The van der Waals surface area contributed by atoms with E-state index in [-0.39, 0.29) is 30.5 Å². The van der Waals surface area contributed by atoms with Gasteiger partial charge in [0.25, 0.3) is 5.91 Å². The lowest BCUT2D eigenvalue weighted by Crippen LogP contribution is -2.30. The summed E-state index contributed by atoms with van der Waals surface area (Å²) < 4.78 is 15.0. The summed E-state index contributed by atoms with van der Waals surface area (Å²) >= 11 is 0. The van der Waals surface area contributed by atoms with E-state index >= 15 is 0 Å². The first kappa shape index (κ1) is 23.0. The first-order valence-corrected chi connectivity index (χ1v) is 11.4. The van der Waals surface area contributed by atoms with Crippen LogP contribution in [0, 0.1) is 12.7 Å². The number of imide groups is 1. The normalized spacial score (nSPS) is 14.5. The molecule has 8 heteroatoms. The van der Waals surface area contributed by atoms with Gasteiger partial charge in [0.2, 0.25) is 5.91 Å². The molecule has 1 aliphatic rings. The van der Waals surface area contributed by atoms with Crippen LogP contribution >= 0.6 is 0 Å². The van der Waals surface area contributed by atoms with E-state index in [2.05, 4.69) is 10.6 Å². The average Bonchev–Trinajstić information content (AvgIpc) is 3.33. The smallest absolute Gasteiger partial charge is 0.329 e. The van der Waals surface area contributed by atoms with Crippen molar-refractivity contribution in [3.63, 3.8) is 0 Å².